The van der Waals surface area contributed by atoms with Gasteiger partial charge in [-0.3, -0.25) is 4.79 Å². The maximum absolute atomic E-state index is 12.6. The summed E-state index contributed by atoms with van der Waals surface area (Å²) in [5.74, 6) is 1.21. The van der Waals surface area contributed by atoms with Crippen molar-refractivity contribution in [3.63, 3.8) is 0 Å². The van der Waals surface area contributed by atoms with Crippen LogP contribution in [0.5, 0.6) is 11.5 Å². The number of nitrogens with one attached hydrogen (secondary N) is 1. The molecule has 0 atom stereocenters. The molecule has 0 radical (unpaired) electrons. The molecule has 1 amide bonds. The third-order valence-corrected chi connectivity index (χ3v) is 5.99. The number of thiazole rings is 1. The molecule has 2 aromatic carbocycles. The highest BCUT2D eigenvalue weighted by Crippen LogP contribution is 2.34. The third-order valence-electron chi connectivity index (χ3n) is 4.79. The van der Waals surface area contributed by atoms with E-state index in [-0.39, 0.29) is 5.91 Å². The van der Waals surface area contributed by atoms with Crippen LogP contribution in [-0.2, 0) is 0 Å². The Morgan fingerprint density at radius 3 is 2.53 bits per heavy atom. The second-order valence-electron chi connectivity index (χ2n) is 6.87. The molecule has 7 heteroatoms. The number of carbonyl (C=O) groups excluding carboxylic acids is 1. The molecule has 0 aliphatic heterocycles. The molecule has 1 aromatic heterocycles. The van der Waals surface area contributed by atoms with Crippen LogP contribution < -0.4 is 19.7 Å². The van der Waals surface area contributed by atoms with Crippen molar-refractivity contribution in [2.45, 2.75) is 13.3 Å². The number of aromatic nitrogens is 1. The molecule has 0 saturated heterocycles. The van der Waals surface area contributed by atoms with Crippen molar-refractivity contribution in [2.75, 3.05) is 39.3 Å². The minimum absolute atomic E-state index is 0.0842. The van der Waals surface area contributed by atoms with Crippen LogP contribution >= 0.6 is 11.3 Å². The van der Waals surface area contributed by atoms with E-state index < -0.39 is 0 Å². The quantitative estimate of drug-likeness (QED) is 0.515. The SMILES string of the molecule is COc1ccc(-c2nc(C)c(C(=O)NCCCN(C)c3ccccc3)s2)cc1OC. The first-order chi connectivity index (χ1) is 14.5. The summed E-state index contributed by atoms with van der Waals surface area (Å²) in [5, 5.41) is 3.79. The summed E-state index contributed by atoms with van der Waals surface area (Å²) in [6.45, 7) is 3.33. The van der Waals surface area contributed by atoms with Gasteiger partial charge in [0.2, 0.25) is 0 Å². The van der Waals surface area contributed by atoms with Gasteiger partial charge in [0.05, 0.1) is 19.9 Å². The van der Waals surface area contributed by atoms with E-state index in [1.54, 1.807) is 14.2 Å². The van der Waals surface area contributed by atoms with E-state index in [4.69, 9.17) is 9.47 Å². The Morgan fingerprint density at radius 1 is 1.10 bits per heavy atom. The van der Waals surface area contributed by atoms with Crippen LogP contribution in [0.25, 0.3) is 10.6 Å². The number of methoxy groups -OCH3 is 2. The van der Waals surface area contributed by atoms with Crippen molar-refractivity contribution in [1.82, 2.24) is 10.3 Å². The minimum Gasteiger partial charge on any atom is -0.493 e. The number of nitrogens with zero attached hydrogens (tertiary/aromatic N) is 2. The van der Waals surface area contributed by atoms with Crippen LogP contribution in [0.15, 0.2) is 48.5 Å². The van der Waals surface area contributed by atoms with Gasteiger partial charge in [-0.2, -0.15) is 0 Å². The molecule has 1 N–H and O–H groups in total. The molecule has 1 heterocycles. The number of aryl methyl sites for hydroxylation is 1. The predicted octanol–water partition coefficient (Wildman–Crippen LogP) is 4.39. The number of carbonyl (C=O) groups is 1. The van der Waals surface area contributed by atoms with Crippen molar-refractivity contribution >= 4 is 22.9 Å². The average Bonchev–Trinajstić information content (AvgIpc) is 3.18. The van der Waals surface area contributed by atoms with Gasteiger partial charge in [-0.15, -0.1) is 11.3 Å². The molecule has 6 nitrogen and oxygen atoms in total. The number of hydrogen-bond acceptors (Lipinski definition) is 6. The number of rotatable bonds is 9. The zero-order valence-corrected chi connectivity index (χ0v) is 18.6. The molecule has 0 bridgehead atoms. The van der Waals surface area contributed by atoms with Crippen LogP contribution in [0.4, 0.5) is 5.69 Å². The van der Waals surface area contributed by atoms with E-state index >= 15 is 0 Å². The van der Waals surface area contributed by atoms with E-state index in [9.17, 15) is 4.79 Å². The molecule has 0 unspecified atom stereocenters. The molecule has 158 valence electrons. The Labute approximate surface area is 181 Å². The fourth-order valence-electron chi connectivity index (χ4n) is 3.11. The second kappa shape index (κ2) is 10.1. The molecule has 3 aromatic rings. The number of hydrogen-bond donors (Lipinski definition) is 1. The molecular formula is C23H27N3O3S. The number of ether oxygens (including phenoxy) is 2. The molecular weight excluding hydrogens is 398 g/mol. The fraction of sp³-hybridized carbons (Fsp3) is 0.304. The minimum atomic E-state index is -0.0842. The number of benzene rings is 2. The van der Waals surface area contributed by atoms with Crippen LogP contribution in [0.1, 0.15) is 21.8 Å². The van der Waals surface area contributed by atoms with Crippen molar-refractivity contribution in [3.8, 4) is 22.1 Å². The largest absolute Gasteiger partial charge is 0.493 e. The highest BCUT2D eigenvalue weighted by molar-refractivity contribution is 7.17. The molecule has 0 spiro atoms. The standard InChI is InChI=1S/C23H27N3O3S/c1-16-21(22(27)24-13-8-14-26(2)18-9-6-5-7-10-18)30-23(25-16)17-11-12-19(28-3)20(15-17)29-4/h5-7,9-12,15H,8,13-14H2,1-4H3,(H,24,27). The van der Waals surface area contributed by atoms with Gasteiger partial charge in [-0.25, -0.2) is 4.98 Å². The van der Waals surface area contributed by atoms with Crippen LogP contribution in [-0.4, -0.2) is 45.2 Å². The van der Waals surface area contributed by atoms with Crippen LogP contribution in [0.2, 0.25) is 0 Å². The molecule has 0 aliphatic rings. The Morgan fingerprint density at radius 2 is 1.83 bits per heavy atom. The van der Waals surface area contributed by atoms with E-state index in [1.165, 1.54) is 17.0 Å². The summed E-state index contributed by atoms with van der Waals surface area (Å²) in [4.78, 5) is 20.0. The zero-order valence-electron chi connectivity index (χ0n) is 17.8. The number of amides is 1. The zero-order chi connectivity index (χ0) is 21.5. The lowest BCUT2D eigenvalue weighted by atomic mass is 10.2. The second-order valence-corrected chi connectivity index (χ2v) is 7.87. The maximum Gasteiger partial charge on any atom is 0.263 e. The summed E-state index contributed by atoms with van der Waals surface area (Å²) in [7, 11) is 5.26. The predicted molar refractivity (Wildman–Crippen MR) is 122 cm³/mol. The van der Waals surface area contributed by atoms with Crippen LogP contribution in [0.3, 0.4) is 0 Å². The first kappa shape index (κ1) is 21.6. The van der Waals surface area contributed by atoms with Gasteiger partial charge < -0.3 is 19.7 Å². The smallest absolute Gasteiger partial charge is 0.263 e. The van der Waals surface area contributed by atoms with Gasteiger partial charge in [-0.1, -0.05) is 18.2 Å². The maximum atomic E-state index is 12.6. The first-order valence-electron chi connectivity index (χ1n) is 9.77. The number of para-hydroxylation sites is 1. The summed E-state index contributed by atoms with van der Waals surface area (Å²) in [5.41, 5.74) is 2.79. The van der Waals surface area contributed by atoms with Gasteiger partial charge in [0, 0.05) is 31.4 Å². The van der Waals surface area contributed by atoms with Gasteiger partial charge in [-0.05, 0) is 43.7 Å². The lowest BCUT2D eigenvalue weighted by Crippen LogP contribution is -2.28. The van der Waals surface area contributed by atoms with E-state index in [0.717, 1.165) is 29.2 Å². The Bertz CT molecular complexity index is 989. The lowest BCUT2D eigenvalue weighted by molar-refractivity contribution is 0.0956. The Kier molecular flexibility index (Phi) is 7.30. The van der Waals surface area contributed by atoms with Gasteiger partial charge in [0.1, 0.15) is 9.88 Å². The normalized spacial score (nSPS) is 10.5. The van der Waals surface area contributed by atoms with Crippen molar-refractivity contribution in [1.29, 1.82) is 0 Å². The monoisotopic (exact) mass is 425 g/mol. The summed E-state index contributed by atoms with van der Waals surface area (Å²) < 4.78 is 10.7. The van der Waals surface area contributed by atoms with Crippen LogP contribution in [0, 0.1) is 6.92 Å². The molecule has 0 saturated carbocycles. The molecule has 3 rings (SSSR count). The summed E-state index contributed by atoms with van der Waals surface area (Å²) >= 11 is 1.38. The van der Waals surface area contributed by atoms with E-state index in [0.29, 0.717) is 22.9 Å². The van der Waals surface area contributed by atoms with Gasteiger partial charge in [0.15, 0.2) is 11.5 Å². The van der Waals surface area contributed by atoms with Gasteiger partial charge >= 0.3 is 0 Å². The van der Waals surface area contributed by atoms with Crippen molar-refractivity contribution in [2.24, 2.45) is 0 Å². The van der Waals surface area contributed by atoms with Gasteiger partial charge in [0.25, 0.3) is 5.91 Å². The highest BCUT2D eigenvalue weighted by atomic mass is 32.1. The van der Waals surface area contributed by atoms with Crippen molar-refractivity contribution < 1.29 is 14.3 Å². The third kappa shape index (κ3) is 5.10. The number of anilines is 1. The first-order valence-corrected chi connectivity index (χ1v) is 10.6. The van der Waals surface area contributed by atoms with E-state index in [1.807, 2.05) is 43.3 Å². The summed E-state index contributed by atoms with van der Waals surface area (Å²) in [6.07, 6.45) is 0.859. The fourth-order valence-corrected chi connectivity index (χ4v) is 4.09. The molecule has 0 aliphatic carbocycles. The molecule has 30 heavy (non-hydrogen) atoms. The molecule has 0 fully saturated rings. The van der Waals surface area contributed by atoms with Crippen molar-refractivity contribution in [3.05, 3.63) is 59.1 Å². The summed E-state index contributed by atoms with van der Waals surface area (Å²) in [6, 6.07) is 15.8. The Balaban J connectivity index is 1.59. The van der Waals surface area contributed by atoms with E-state index in [2.05, 4.69) is 34.4 Å². The Hall–Kier alpha value is -3.06. The highest BCUT2D eigenvalue weighted by Gasteiger charge is 2.17. The topological polar surface area (TPSA) is 63.7 Å². The average molecular weight is 426 g/mol. The lowest BCUT2D eigenvalue weighted by Gasteiger charge is -2.19.